The number of benzene rings is 1. The number of nitrogen functional groups attached to an aromatic ring is 1. The number of nitrogens with zero attached hydrogens (tertiary/aromatic N) is 2. The van der Waals surface area contributed by atoms with Crippen LogP contribution in [0.25, 0.3) is 0 Å². The lowest BCUT2D eigenvalue weighted by molar-refractivity contribution is 0.475. The highest BCUT2D eigenvalue weighted by Crippen LogP contribution is 2.27. The second kappa shape index (κ2) is 6.15. The van der Waals surface area contributed by atoms with Gasteiger partial charge < -0.3 is 5.73 Å². The zero-order chi connectivity index (χ0) is 13.8. The van der Waals surface area contributed by atoms with E-state index in [1.54, 1.807) is 0 Å². The van der Waals surface area contributed by atoms with Crippen LogP contribution in [0.2, 0.25) is 0 Å². The van der Waals surface area contributed by atoms with Gasteiger partial charge in [-0.15, -0.1) is 11.8 Å². The molecule has 0 aliphatic heterocycles. The molecule has 1 unspecified atom stereocenters. The summed E-state index contributed by atoms with van der Waals surface area (Å²) in [6.07, 6.45) is 3.17. The van der Waals surface area contributed by atoms with Gasteiger partial charge in [0, 0.05) is 28.6 Å². The third kappa shape index (κ3) is 3.53. The Kier molecular flexibility index (Phi) is 4.53. The minimum atomic E-state index is 0.469. The number of rotatable bonds is 5. The molecular formula is C15H21N3S. The van der Waals surface area contributed by atoms with Gasteiger partial charge in [-0.1, -0.05) is 6.92 Å². The molecule has 1 aromatic carbocycles. The Hall–Kier alpha value is -1.42. The van der Waals surface area contributed by atoms with Crippen molar-refractivity contribution in [1.82, 2.24) is 9.78 Å². The molecule has 1 heterocycles. The summed E-state index contributed by atoms with van der Waals surface area (Å²) in [6, 6.07) is 8.62. The summed E-state index contributed by atoms with van der Waals surface area (Å²) in [5.41, 5.74) is 8.94. The number of anilines is 1. The van der Waals surface area contributed by atoms with Gasteiger partial charge in [-0.25, -0.2) is 0 Å². The van der Waals surface area contributed by atoms with Gasteiger partial charge in [0.2, 0.25) is 0 Å². The highest BCUT2D eigenvalue weighted by atomic mass is 32.2. The van der Waals surface area contributed by atoms with Gasteiger partial charge in [0.05, 0.1) is 5.69 Å². The Morgan fingerprint density at radius 2 is 2.16 bits per heavy atom. The van der Waals surface area contributed by atoms with E-state index in [4.69, 9.17) is 5.73 Å². The van der Waals surface area contributed by atoms with Gasteiger partial charge in [-0.05, 0) is 50.1 Å². The van der Waals surface area contributed by atoms with Crippen molar-refractivity contribution in [3.63, 3.8) is 0 Å². The molecule has 2 N–H and O–H groups in total. The molecule has 4 heteroatoms. The first-order valence-corrected chi connectivity index (χ1v) is 7.61. The first kappa shape index (κ1) is 14.0. The molecule has 0 fully saturated rings. The average molecular weight is 275 g/mol. The van der Waals surface area contributed by atoms with Crippen LogP contribution in [0.5, 0.6) is 0 Å². The summed E-state index contributed by atoms with van der Waals surface area (Å²) in [5, 5.41) is 4.61. The number of thioether (sulfide) groups is 1. The molecule has 0 aliphatic carbocycles. The quantitative estimate of drug-likeness (QED) is 0.661. The fraction of sp³-hybridized carbons (Fsp3) is 0.400. The summed E-state index contributed by atoms with van der Waals surface area (Å²) in [7, 11) is 0. The molecule has 0 amide bonds. The molecule has 3 nitrogen and oxygen atoms in total. The average Bonchev–Trinajstić information content (AvgIpc) is 2.85. The molecule has 0 bridgehead atoms. The Balaban J connectivity index is 2.00. The van der Waals surface area contributed by atoms with Gasteiger partial charge in [-0.2, -0.15) is 5.10 Å². The van der Waals surface area contributed by atoms with Crippen molar-refractivity contribution < 1.29 is 0 Å². The number of hydrogen-bond donors (Lipinski definition) is 1. The van der Waals surface area contributed by atoms with E-state index in [2.05, 4.69) is 44.2 Å². The number of nitrogens with two attached hydrogens (primary N) is 1. The molecule has 2 aromatic rings. The first-order valence-electron chi connectivity index (χ1n) is 6.63. The van der Waals surface area contributed by atoms with Crippen LogP contribution in [0, 0.1) is 6.92 Å². The molecule has 19 heavy (non-hydrogen) atoms. The zero-order valence-corrected chi connectivity index (χ0v) is 12.6. The smallest absolute Gasteiger partial charge is 0.0727 e. The van der Waals surface area contributed by atoms with E-state index in [0.29, 0.717) is 6.04 Å². The van der Waals surface area contributed by atoms with Gasteiger partial charge in [0.1, 0.15) is 0 Å². The predicted molar refractivity (Wildman–Crippen MR) is 82.4 cm³/mol. The van der Waals surface area contributed by atoms with E-state index in [1.807, 2.05) is 28.6 Å². The van der Waals surface area contributed by atoms with Crippen LogP contribution in [0.15, 0.2) is 35.4 Å². The Labute approximate surface area is 119 Å². The summed E-state index contributed by atoms with van der Waals surface area (Å²) >= 11 is 1.81. The molecule has 1 aromatic heterocycles. The van der Waals surface area contributed by atoms with Crippen LogP contribution >= 0.6 is 11.8 Å². The van der Waals surface area contributed by atoms with Crippen LogP contribution in [0.4, 0.5) is 5.69 Å². The second-order valence-electron chi connectivity index (χ2n) is 4.86. The van der Waals surface area contributed by atoms with Crippen molar-refractivity contribution in [3.05, 3.63) is 41.7 Å². The molecule has 0 radical (unpaired) electrons. The van der Waals surface area contributed by atoms with E-state index < -0.39 is 0 Å². The lowest BCUT2D eigenvalue weighted by Gasteiger charge is -2.08. The number of hydrogen-bond acceptors (Lipinski definition) is 3. The van der Waals surface area contributed by atoms with Gasteiger partial charge in [0.15, 0.2) is 0 Å². The lowest BCUT2D eigenvalue weighted by Crippen LogP contribution is -2.04. The van der Waals surface area contributed by atoms with Crippen molar-refractivity contribution in [2.75, 3.05) is 5.73 Å². The van der Waals surface area contributed by atoms with Crippen LogP contribution < -0.4 is 5.73 Å². The van der Waals surface area contributed by atoms with Crippen molar-refractivity contribution in [1.29, 1.82) is 0 Å². The van der Waals surface area contributed by atoms with Gasteiger partial charge in [0.25, 0.3) is 0 Å². The third-order valence-electron chi connectivity index (χ3n) is 3.28. The highest BCUT2D eigenvalue weighted by molar-refractivity contribution is 7.98. The van der Waals surface area contributed by atoms with Crippen LogP contribution in [-0.4, -0.2) is 9.78 Å². The standard InChI is InChI=1S/C15H21N3S/c1-4-12(3)18-8-7-14(17-18)10-19-15-6-5-13(16)9-11(15)2/h5-9,12H,4,10,16H2,1-3H3. The lowest BCUT2D eigenvalue weighted by atomic mass is 10.2. The topological polar surface area (TPSA) is 43.8 Å². The minimum Gasteiger partial charge on any atom is -0.399 e. The Bertz CT molecular complexity index is 548. The van der Waals surface area contributed by atoms with E-state index in [9.17, 15) is 0 Å². The highest BCUT2D eigenvalue weighted by Gasteiger charge is 2.06. The van der Waals surface area contributed by atoms with E-state index in [0.717, 1.165) is 23.6 Å². The zero-order valence-electron chi connectivity index (χ0n) is 11.8. The van der Waals surface area contributed by atoms with Crippen LogP contribution in [0.3, 0.4) is 0 Å². The summed E-state index contributed by atoms with van der Waals surface area (Å²) in [6.45, 7) is 6.46. The molecule has 0 saturated carbocycles. The second-order valence-corrected chi connectivity index (χ2v) is 5.88. The third-order valence-corrected chi connectivity index (χ3v) is 4.49. The van der Waals surface area contributed by atoms with Gasteiger partial charge in [-0.3, -0.25) is 4.68 Å². The van der Waals surface area contributed by atoms with Crippen molar-refractivity contribution in [2.24, 2.45) is 0 Å². The maximum atomic E-state index is 5.76. The van der Waals surface area contributed by atoms with Gasteiger partial charge >= 0.3 is 0 Å². The molecule has 1 atom stereocenters. The first-order chi connectivity index (χ1) is 9.10. The molecular weight excluding hydrogens is 254 g/mol. The summed E-state index contributed by atoms with van der Waals surface area (Å²) in [4.78, 5) is 1.27. The molecule has 0 spiro atoms. The normalized spacial score (nSPS) is 12.6. The minimum absolute atomic E-state index is 0.469. The Morgan fingerprint density at radius 3 is 2.84 bits per heavy atom. The van der Waals surface area contributed by atoms with Crippen molar-refractivity contribution >= 4 is 17.4 Å². The Morgan fingerprint density at radius 1 is 1.37 bits per heavy atom. The number of aryl methyl sites for hydroxylation is 1. The van der Waals surface area contributed by atoms with Crippen LogP contribution in [0.1, 0.15) is 37.6 Å². The molecule has 2 rings (SSSR count). The van der Waals surface area contributed by atoms with E-state index in [-0.39, 0.29) is 0 Å². The molecule has 102 valence electrons. The maximum Gasteiger partial charge on any atom is 0.0727 e. The summed E-state index contributed by atoms with van der Waals surface area (Å²) in [5.74, 6) is 0.897. The fourth-order valence-corrected chi connectivity index (χ4v) is 2.78. The van der Waals surface area contributed by atoms with E-state index in [1.165, 1.54) is 10.5 Å². The largest absolute Gasteiger partial charge is 0.399 e. The van der Waals surface area contributed by atoms with Crippen molar-refractivity contribution in [3.8, 4) is 0 Å². The monoisotopic (exact) mass is 275 g/mol. The molecule has 0 aliphatic rings. The van der Waals surface area contributed by atoms with Crippen molar-refractivity contribution in [2.45, 2.75) is 43.9 Å². The molecule has 0 saturated heterocycles. The maximum absolute atomic E-state index is 5.76. The van der Waals surface area contributed by atoms with E-state index >= 15 is 0 Å². The summed E-state index contributed by atoms with van der Waals surface area (Å²) < 4.78 is 2.05. The SMILES string of the molecule is CCC(C)n1ccc(CSc2ccc(N)cc2C)n1. The number of aromatic nitrogens is 2. The predicted octanol–water partition coefficient (Wildman–Crippen LogP) is 4.04. The fourth-order valence-electron chi connectivity index (χ4n) is 1.87. The van der Waals surface area contributed by atoms with Crippen LogP contribution in [-0.2, 0) is 5.75 Å².